The van der Waals surface area contributed by atoms with E-state index in [4.69, 9.17) is 19.3 Å². The van der Waals surface area contributed by atoms with Gasteiger partial charge in [0.1, 0.15) is 29.5 Å². The smallest absolute Gasteiger partial charge is 0.322 e. The Morgan fingerprint density at radius 2 is 1.44 bits per heavy atom. The summed E-state index contributed by atoms with van der Waals surface area (Å²) in [6, 6.07) is 21.3. The molecule has 34 heavy (non-hydrogen) atoms. The quantitative estimate of drug-likeness (QED) is 0.354. The second kappa shape index (κ2) is 9.78. The number of carboxylic acids is 1. The highest BCUT2D eigenvalue weighted by molar-refractivity contribution is 6.04. The number of para-hydroxylation sites is 1. The van der Waals surface area contributed by atoms with Crippen LogP contribution in [0.5, 0.6) is 34.6 Å². The first-order chi connectivity index (χ1) is 16.4. The van der Waals surface area contributed by atoms with E-state index in [1.165, 1.54) is 7.11 Å². The zero-order valence-corrected chi connectivity index (χ0v) is 18.0. The first-order valence-electron chi connectivity index (χ1n) is 10.2. The minimum Gasteiger partial charge on any atom is -0.505 e. The second-order valence-electron chi connectivity index (χ2n) is 7.09. The molecule has 0 bridgehead atoms. The monoisotopic (exact) mass is 460 g/mol. The molecule has 0 saturated heterocycles. The molecule has 3 N–H and O–H groups in total. The molecule has 0 radical (unpaired) electrons. The molecule has 4 aromatic rings. The molecule has 0 atom stereocenters. The van der Waals surface area contributed by atoms with Crippen molar-refractivity contribution < 1.29 is 34.0 Å². The normalized spacial score (nSPS) is 10.5. The topological polar surface area (TPSA) is 127 Å². The SMILES string of the molecule is COc1nc(C(=O)NCC(=O)O)c(O)c2ccc(Oc3ccc(Oc4ccccc4)cc3)cc12. The standard InChI is InChI=1S/C25H20N2O7/c1-32-25-20-13-18(11-12-19(20)23(30)22(27-25)24(31)26-14-21(28)29)34-17-9-7-16(8-10-17)33-15-5-3-2-4-6-15/h2-13,30H,14H2,1H3,(H,26,31)(H,28,29). The van der Waals surface area contributed by atoms with Crippen LogP contribution in [0.15, 0.2) is 72.8 Å². The van der Waals surface area contributed by atoms with E-state index in [0.29, 0.717) is 28.0 Å². The predicted molar refractivity (Wildman–Crippen MR) is 123 cm³/mol. The molecule has 9 heteroatoms. The summed E-state index contributed by atoms with van der Waals surface area (Å²) in [4.78, 5) is 27.0. The number of carbonyl (C=O) groups is 2. The summed E-state index contributed by atoms with van der Waals surface area (Å²) in [6.07, 6.45) is 0. The van der Waals surface area contributed by atoms with E-state index in [-0.39, 0.29) is 11.6 Å². The third-order valence-corrected chi connectivity index (χ3v) is 4.76. The van der Waals surface area contributed by atoms with Gasteiger partial charge < -0.3 is 29.7 Å². The fourth-order valence-electron chi connectivity index (χ4n) is 3.20. The fourth-order valence-corrected chi connectivity index (χ4v) is 3.20. The van der Waals surface area contributed by atoms with Gasteiger partial charge >= 0.3 is 5.97 Å². The highest BCUT2D eigenvalue weighted by Gasteiger charge is 2.20. The molecule has 1 aromatic heterocycles. The minimum atomic E-state index is -1.22. The Hall–Kier alpha value is -4.79. The van der Waals surface area contributed by atoms with Crippen LogP contribution < -0.4 is 19.5 Å². The number of methoxy groups -OCH3 is 1. The van der Waals surface area contributed by atoms with Crippen LogP contribution in [-0.4, -0.2) is 40.7 Å². The summed E-state index contributed by atoms with van der Waals surface area (Å²) in [5.74, 6) is 0.00771. The zero-order valence-electron chi connectivity index (χ0n) is 18.0. The van der Waals surface area contributed by atoms with Crippen molar-refractivity contribution in [1.82, 2.24) is 10.3 Å². The molecule has 9 nitrogen and oxygen atoms in total. The lowest BCUT2D eigenvalue weighted by Gasteiger charge is -2.13. The Morgan fingerprint density at radius 1 is 0.853 bits per heavy atom. The molecule has 1 heterocycles. The molecular formula is C25H20N2O7. The van der Waals surface area contributed by atoms with Crippen LogP contribution in [0.4, 0.5) is 0 Å². The Labute approximate surface area is 194 Å². The van der Waals surface area contributed by atoms with Crippen LogP contribution in [0.1, 0.15) is 10.5 Å². The fraction of sp³-hybridized carbons (Fsp3) is 0.0800. The number of aliphatic carboxylic acids is 1. The number of hydrogen-bond acceptors (Lipinski definition) is 7. The summed E-state index contributed by atoms with van der Waals surface area (Å²) in [5.41, 5.74) is -0.340. The minimum absolute atomic E-state index is 0.0744. The third kappa shape index (κ3) is 4.99. The number of fused-ring (bicyclic) bond motifs is 1. The number of carbonyl (C=O) groups excluding carboxylic acids is 1. The van der Waals surface area contributed by atoms with E-state index >= 15 is 0 Å². The summed E-state index contributed by atoms with van der Waals surface area (Å²) in [7, 11) is 1.37. The third-order valence-electron chi connectivity index (χ3n) is 4.76. The van der Waals surface area contributed by atoms with Crippen LogP contribution in [-0.2, 0) is 4.79 Å². The molecule has 0 fully saturated rings. The molecule has 3 aromatic carbocycles. The number of benzene rings is 3. The van der Waals surface area contributed by atoms with Crippen LogP contribution in [0, 0.1) is 0 Å². The Morgan fingerprint density at radius 3 is 2.06 bits per heavy atom. The number of nitrogens with one attached hydrogen (secondary N) is 1. The van der Waals surface area contributed by atoms with Gasteiger partial charge in [0.15, 0.2) is 11.4 Å². The van der Waals surface area contributed by atoms with Gasteiger partial charge in [-0.15, -0.1) is 0 Å². The number of carboxylic acid groups (broad SMARTS) is 1. The van der Waals surface area contributed by atoms with Crippen LogP contribution in [0.25, 0.3) is 10.8 Å². The molecule has 0 aliphatic rings. The molecule has 0 saturated carbocycles. The summed E-state index contributed by atoms with van der Waals surface area (Å²) >= 11 is 0. The van der Waals surface area contributed by atoms with Gasteiger partial charge in [0.2, 0.25) is 5.88 Å². The molecule has 0 aliphatic carbocycles. The largest absolute Gasteiger partial charge is 0.505 e. The number of hydrogen-bond donors (Lipinski definition) is 3. The van der Waals surface area contributed by atoms with Crippen molar-refractivity contribution in [2.24, 2.45) is 0 Å². The average molecular weight is 460 g/mol. The number of rotatable bonds is 8. The molecule has 0 unspecified atom stereocenters. The van der Waals surface area contributed by atoms with Crippen molar-refractivity contribution >= 4 is 22.6 Å². The van der Waals surface area contributed by atoms with E-state index in [0.717, 1.165) is 5.75 Å². The number of aromatic hydroxyl groups is 1. The molecule has 1 amide bonds. The first-order valence-corrected chi connectivity index (χ1v) is 10.2. The van der Waals surface area contributed by atoms with Gasteiger partial charge in [-0.25, -0.2) is 4.98 Å². The van der Waals surface area contributed by atoms with Crippen molar-refractivity contribution in [3.63, 3.8) is 0 Å². The van der Waals surface area contributed by atoms with E-state index in [2.05, 4.69) is 10.3 Å². The lowest BCUT2D eigenvalue weighted by atomic mass is 10.1. The van der Waals surface area contributed by atoms with Gasteiger partial charge in [0, 0.05) is 5.39 Å². The maximum absolute atomic E-state index is 12.2. The molecule has 0 aliphatic heterocycles. The van der Waals surface area contributed by atoms with Gasteiger partial charge in [-0.3, -0.25) is 9.59 Å². The summed E-state index contributed by atoms with van der Waals surface area (Å²) < 4.78 is 17.0. The molecular weight excluding hydrogens is 440 g/mol. The predicted octanol–water partition coefficient (Wildman–Crippen LogP) is 4.35. The second-order valence-corrected chi connectivity index (χ2v) is 7.09. The van der Waals surface area contributed by atoms with E-state index < -0.39 is 24.2 Å². The molecule has 0 spiro atoms. The van der Waals surface area contributed by atoms with Gasteiger partial charge in [0.25, 0.3) is 5.91 Å². The number of amides is 1. The Kier molecular flexibility index (Phi) is 6.45. The molecule has 172 valence electrons. The van der Waals surface area contributed by atoms with Crippen molar-refractivity contribution in [2.45, 2.75) is 0 Å². The van der Waals surface area contributed by atoms with Crippen LogP contribution in [0.3, 0.4) is 0 Å². The summed E-state index contributed by atoms with van der Waals surface area (Å²) in [5, 5.41) is 22.2. The molecule has 4 rings (SSSR count). The zero-order chi connectivity index (χ0) is 24.1. The maximum atomic E-state index is 12.2. The highest BCUT2D eigenvalue weighted by atomic mass is 16.5. The van der Waals surface area contributed by atoms with E-state index in [1.54, 1.807) is 42.5 Å². The van der Waals surface area contributed by atoms with Crippen LogP contribution >= 0.6 is 0 Å². The maximum Gasteiger partial charge on any atom is 0.322 e. The van der Waals surface area contributed by atoms with Crippen molar-refractivity contribution in [3.8, 4) is 34.6 Å². The van der Waals surface area contributed by atoms with Gasteiger partial charge in [-0.05, 0) is 54.6 Å². The van der Waals surface area contributed by atoms with E-state index in [1.807, 2.05) is 30.3 Å². The lowest BCUT2D eigenvalue weighted by molar-refractivity contribution is -0.135. The van der Waals surface area contributed by atoms with Gasteiger partial charge in [-0.1, -0.05) is 18.2 Å². The van der Waals surface area contributed by atoms with Crippen molar-refractivity contribution in [1.29, 1.82) is 0 Å². The van der Waals surface area contributed by atoms with Crippen molar-refractivity contribution in [3.05, 3.63) is 78.5 Å². The number of pyridine rings is 1. The highest BCUT2D eigenvalue weighted by Crippen LogP contribution is 2.37. The number of aromatic nitrogens is 1. The summed E-state index contributed by atoms with van der Waals surface area (Å²) in [6.45, 7) is -0.609. The van der Waals surface area contributed by atoms with Gasteiger partial charge in [-0.2, -0.15) is 0 Å². The van der Waals surface area contributed by atoms with Gasteiger partial charge in [0.05, 0.1) is 12.5 Å². The van der Waals surface area contributed by atoms with Crippen molar-refractivity contribution in [2.75, 3.05) is 13.7 Å². The van der Waals surface area contributed by atoms with E-state index in [9.17, 15) is 14.7 Å². The van der Waals surface area contributed by atoms with Crippen LogP contribution in [0.2, 0.25) is 0 Å². The average Bonchev–Trinajstić information content (AvgIpc) is 2.84. The number of nitrogens with zero attached hydrogens (tertiary/aromatic N) is 1. The number of ether oxygens (including phenoxy) is 3. The lowest BCUT2D eigenvalue weighted by Crippen LogP contribution is -2.30. The first kappa shape index (κ1) is 22.4. The Bertz CT molecular complexity index is 1340. The Balaban J connectivity index is 1.56.